The van der Waals surface area contributed by atoms with Gasteiger partial charge in [-0.15, -0.1) is 0 Å². The molecule has 1 amide bonds. The molecule has 0 saturated carbocycles. The van der Waals surface area contributed by atoms with E-state index < -0.39 is 29.4 Å². The highest BCUT2D eigenvalue weighted by Crippen LogP contribution is 2.37. The van der Waals surface area contributed by atoms with Gasteiger partial charge in [0, 0.05) is 5.02 Å². The molecule has 0 aliphatic rings. The molecule has 4 rings (SSSR count). The number of para-hydroxylation sites is 2. The van der Waals surface area contributed by atoms with Gasteiger partial charge in [-0.25, -0.2) is 9.97 Å². The molecule has 0 unspecified atom stereocenters. The second kappa shape index (κ2) is 11.3. The maximum Gasteiger partial charge on any atom is 0.435 e. The minimum absolute atomic E-state index is 0.0577. The first-order valence-corrected chi connectivity index (χ1v) is 11.3. The van der Waals surface area contributed by atoms with Crippen LogP contribution in [0.1, 0.15) is 28.4 Å². The lowest BCUT2D eigenvalue weighted by Gasteiger charge is -2.20. The molecule has 7 nitrogen and oxygen atoms in total. The molecule has 190 valence electrons. The number of carbonyl (C=O) groups excluding carboxylic acids is 1. The van der Waals surface area contributed by atoms with Gasteiger partial charge < -0.3 is 14.9 Å². The number of hydrogen-bond donors (Lipinski definition) is 1. The molecule has 11 heteroatoms. The van der Waals surface area contributed by atoms with Gasteiger partial charge in [0.05, 0.1) is 23.8 Å². The lowest BCUT2D eigenvalue weighted by molar-refractivity contribution is -0.142. The molecular weight excluding hydrogens is 509 g/mol. The Labute approximate surface area is 214 Å². The van der Waals surface area contributed by atoms with Crippen molar-refractivity contribution in [1.29, 1.82) is 0 Å². The Morgan fingerprint density at radius 2 is 1.68 bits per heavy atom. The number of hydrogen-bond acceptors (Lipinski definition) is 6. The Morgan fingerprint density at radius 1 is 1.03 bits per heavy atom. The molecule has 37 heavy (non-hydrogen) atoms. The largest absolute Gasteiger partial charge is 0.497 e. The number of nitrogens with zero attached hydrogens (tertiary/aromatic N) is 3. The molecule has 0 saturated heterocycles. The van der Waals surface area contributed by atoms with Crippen LogP contribution in [0.4, 0.5) is 13.2 Å². The first-order valence-electron chi connectivity index (χ1n) is 10.9. The average molecular weight is 529 g/mol. The smallest absolute Gasteiger partial charge is 0.435 e. The van der Waals surface area contributed by atoms with Crippen molar-refractivity contribution in [1.82, 2.24) is 15.3 Å². The minimum atomic E-state index is -4.85. The maximum absolute atomic E-state index is 14.0. The number of alkyl halides is 3. The van der Waals surface area contributed by atoms with E-state index in [0.717, 1.165) is 11.9 Å². The van der Waals surface area contributed by atoms with E-state index >= 15 is 0 Å². The van der Waals surface area contributed by atoms with Crippen LogP contribution >= 0.6 is 11.6 Å². The van der Waals surface area contributed by atoms with Crippen LogP contribution in [-0.2, 0) is 22.4 Å². The van der Waals surface area contributed by atoms with Gasteiger partial charge in [0.1, 0.15) is 24.6 Å². The van der Waals surface area contributed by atoms with E-state index in [9.17, 15) is 18.0 Å². The standard InChI is InChI=1S/C26H20ClF3N4O3/c1-36-19-12-6-16(7-13-19)14-37-32-15-31-25(35)22(17-8-10-18(27)11-9-17)23-24(26(28,29)30)34-21-5-3-2-4-20(21)33-23/h2-13,15,22H,14H2,1H3,(H,31,32,35)/t22-/m0/s1. The number of rotatable bonds is 8. The van der Waals surface area contributed by atoms with Gasteiger partial charge in [-0.1, -0.05) is 53.2 Å². The molecule has 3 aromatic carbocycles. The van der Waals surface area contributed by atoms with Crippen LogP contribution in [0.2, 0.25) is 5.02 Å². The van der Waals surface area contributed by atoms with Gasteiger partial charge >= 0.3 is 6.18 Å². The molecule has 1 atom stereocenters. The molecule has 0 spiro atoms. The average Bonchev–Trinajstić information content (AvgIpc) is 2.89. The molecule has 1 aromatic heterocycles. The maximum atomic E-state index is 14.0. The number of ether oxygens (including phenoxy) is 1. The monoisotopic (exact) mass is 528 g/mol. The number of amides is 1. The fourth-order valence-corrected chi connectivity index (χ4v) is 3.68. The third kappa shape index (κ3) is 6.34. The van der Waals surface area contributed by atoms with Crippen LogP contribution < -0.4 is 10.1 Å². The summed E-state index contributed by atoms with van der Waals surface area (Å²) in [5, 5.41) is 6.43. The normalized spacial score (nSPS) is 12.5. The Bertz CT molecular complexity index is 1410. The molecule has 0 aliphatic heterocycles. The van der Waals surface area contributed by atoms with Crippen LogP contribution in [0, 0.1) is 0 Å². The quantitative estimate of drug-likeness (QED) is 0.180. The van der Waals surface area contributed by atoms with Crippen LogP contribution in [0.5, 0.6) is 5.75 Å². The Balaban J connectivity index is 1.61. The summed E-state index contributed by atoms with van der Waals surface area (Å²) in [6.45, 7) is 0.103. The number of aromatic nitrogens is 2. The van der Waals surface area contributed by atoms with Crippen molar-refractivity contribution < 1.29 is 27.5 Å². The number of halogens is 4. The van der Waals surface area contributed by atoms with Crippen molar-refractivity contribution in [3.8, 4) is 5.75 Å². The number of fused-ring (bicyclic) bond motifs is 1. The Morgan fingerprint density at radius 3 is 2.30 bits per heavy atom. The summed E-state index contributed by atoms with van der Waals surface area (Å²) in [5.74, 6) is -1.59. The van der Waals surface area contributed by atoms with E-state index in [1.54, 1.807) is 43.5 Å². The number of nitrogens with one attached hydrogen (secondary N) is 1. The highest BCUT2D eigenvalue weighted by molar-refractivity contribution is 6.30. The zero-order valence-electron chi connectivity index (χ0n) is 19.4. The molecule has 0 fully saturated rings. The fraction of sp³-hybridized carbons (Fsp3) is 0.154. The second-order valence-electron chi connectivity index (χ2n) is 7.79. The van der Waals surface area contributed by atoms with Gasteiger partial charge in [0.2, 0.25) is 5.91 Å². The van der Waals surface area contributed by atoms with Crippen molar-refractivity contribution >= 4 is 34.9 Å². The number of oxime groups is 1. The minimum Gasteiger partial charge on any atom is -0.497 e. The second-order valence-corrected chi connectivity index (χ2v) is 8.23. The Hall–Kier alpha value is -4.18. The molecule has 0 radical (unpaired) electrons. The summed E-state index contributed by atoms with van der Waals surface area (Å²) in [6.07, 6.45) is -3.89. The fourth-order valence-electron chi connectivity index (χ4n) is 3.56. The molecule has 0 aliphatic carbocycles. The highest BCUT2D eigenvalue weighted by Gasteiger charge is 2.41. The zero-order chi connectivity index (χ0) is 26.4. The van der Waals surface area contributed by atoms with E-state index in [1.165, 1.54) is 36.4 Å². The van der Waals surface area contributed by atoms with Crippen molar-refractivity contribution in [2.24, 2.45) is 5.16 Å². The number of carbonyl (C=O) groups is 1. The van der Waals surface area contributed by atoms with E-state index in [-0.39, 0.29) is 23.2 Å². The van der Waals surface area contributed by atoms with E-state index in [0.29, 0.717) is 10.8 Å². The van der Waals surface area contributed by atoms with E-state index in [2.05, 4.69) is 20.4 Å². The highest BCUT2D eigenvalue weighted by atomic mass is 35.5. The Kier molecular flexibility index (Phi) is 7.88. The van der Waals surface area contributed by atoms with Crippen molar-refractivity contribution in [3.63, 3.8) is 0 Å². The predicted molar refractivity (Wildman–Crippen MR) is 132 cm³/mol. The number of benzene rings is 3. The van der Waals surface area contributed by atoms with E-state index in [4.69, 9.17) is 21.2 Å². The lowest BCUT2D eigenvalue weighted by atomic mass is 9.92. The molecule has 1 heterocycles. The van der Waals surface area contributed by atoms with Crippen LogP contribution in [0.15, 0.2) is 78.0 Å². The summed E-state index contributed by atoms with van der Waals surface area (Å²) in [5.41, 5.74) is -0.488. The topological polar surface area (TPSA) is 85.7 Å². The predicted octanol–water partition coefficient (Wildman–Crippen LogP) is 5.72. The van der Waals surface area contributed by atoms with Crippen LogP contribution in [0.3, 0.4) is 0 Å². The summed E-state index contributed by atoms with van der Waals surface area (Å²) in [6, 6.07) is 19.1. The number of methoxy groups -OCH3 is 1. The van der Waals surface area contributed by atoms with Gasteiger partial charge in [-0.3, -0.25) is 4.79 Å². The summed E-state index contributed by atoms with van der Waals surface area (Å²) >= 11 is 5.96. The van der Waals surface area contributed by atoms with Crippen LogP contribution in [-0.4, -0.2) is 29.3 Å². The molecule has 0 bridgehead atoms. The van der Waals surface area contributed by atoms with E-state index in [1.807, 2.05) is 0 Å². The summed E-state index contributed by atoms with van der Waals surface area (Å²) < 4.78 is 47.2. The first-order chi connectivity index (χ1) is 17.8. The summed E-state index contributed by atoms with van der Waals surface area (Å²) in [4.78, 5) is 26.4. The van der Waals surface area contributed by atoms with Crippen molar-refractivity contribution in [2.75, 3.05) is 7.11 Å². The van der Waals surface area contributed by atoms with Crippen molar-refractivity contribution in [2.45, 2.75) is 18.7 Å². The zero-order valence-corrected chi connectivity index (χ0v) is 20.1. The summed E-state index contributed by atoms with van der Waals surface area (Å²) in [7, 11) is 1.55. The van der Waals surface area contributed by atoms with Crippen molar-refractivity contribution in [3.05, 3.63) is 100 Å². The van der Waals surface area contributed by atoms with Gasteiger partial charge in [0.15, 0.2) is 5.69 Å². The molecule has 4 aromatic rings. The lowest BCUT2D eigenvalue weighted by Crippen LogP contribution is -2.31. The van der Waals surface area contributed by atoms with Gasteiger partial charge in [0.25, 0.3) is 0 Å². The third-order valence-electron chi connectivity index (χ3n) is 5.33. The van der Waals surface area contributed by atoms with Crippen LogP contribution in [0.25, 0.3) is 11.0 Å². The van der Waals surface area contributed by atoms with Gasteiger partial charge in [-0.2, -0.15) is 13.2 Å². The molecular formula is C26H20ClF3N4O3. The van der Waals surface area contributed by atoms with Gasteiger partial charge in [-0.05, 0) is 47.5 Å². The molecule has 1 N–H and O–H groups in total. The SMILES string of the molecule is COc1ccc(CON=CNC(=O)[C@@H](c2ccc(Cl)cc2)c2nc3ccccc3nc2C(F)(F)F)cc1. The third-order valence-corrected chi connectivity index (χ3v) is 5.58. The first kappa shape index (κ1) is 25.9.